The Balaban J connectivity index is 1.38. The van der Waals surface area contributed by atoms with Crippen molar-refractivity contribution in [2.75, 3.05) is 18.0 Å². The van der Waals surface area contributed by atoms with Crippen molar-refractivity contribution >= 4 is 23.2 Å². The molecular weight excluding hydrogens is 348 g/mol. The van der Waals surface area contributed by atoms with Gasteiger partial charge in [-0.3, -0.25) is 9.48 Å². The molecule has 26 heavy (non-hydrogen) atoms. The van der Waals surface area contributed by atoms with Gasteiger partial charge in [0.05, 0.1) is 18.3 Å². The predicted octanol–water partition coefficient (Wildman–Crippen LogP) is 1.88. The second-order valence-corrected chi connectivity index (χ2v) is 7.43. The first-order valence-electron chi connectivity index (χ1n) is 8.56. The molecular formula is C18H20N6OS. The minimum atomic E-state index is 0.0735. The zero-order valence-corrected chi connectivity index (χ0v) is 15.3. The van der Waals surface area contributed by atoms with E-state index < -0.39 is 0 Å². The third-order valence-corrected chi connectivity index (χ3v) is 5.27. The van der Waals surface area contributed by atoms with E-state index in [2.05, 4.69) is 25.3 Å². The highest BCUT2D eigenvalue weighted by atomic mass is 32.1. The molecule has 1 saturated heterocycles. The van der Waals surface area contributed by atoms with E-state index in [-0.39, 0.29) is 11.9 Å². The van der Waals surface area contributed by atoms with Gasteiger partial charge in [-0.25, -0.2) is 9.97 Å². The molecule has 4 rings (SSSR count). The van der Waals surface area contributed by atoms with Crippen LogP contribution in [0.25, 0.3) is 11.3 Å². The summed E-state index contributed by atoms with van der Waals surface area (Å²) < 4.78 is 1.76. The lowest BCUT2D eigenvalue weighted by atomic mass is 10.2. The Morgan fingerprint density at radius 3 is 3.12 bits per heavy atom. The molecule has 0 radical (unpaired) electrons. The van der Waals surface area contributed by atoms with Gasteiger partial charge in [-0.2, -0.15) is 5.10 Å². The number of nitrogens with one attached hydrogen (secondary N) is 1. The van der Waals surface area contributed by atoms with Crippen LogP contribution in [0, 0.1) is 0 Å². The van der Waals surface area contributed by atoms with Crippen LogP contribution in [0.3, 0.4) is 0 Å². The van der Waals surface area contributed by atoms with E-state index >= 15 is 0 Å². The molecule has 4 heterocycles. The Kier molecular flexibility index (Phi) is 4.66. The van der Waals surface area contributed by atoms with Crippen LogP contribution in [0.5, 0.6) is 0 Å². The van der Waals surface area contributed by atoms with Gasteiger partial charge in [-0.05, 0) is 23.9 Å². The maximum absolute atomic E-state index is 12.2. The molecule has 0 spiro atoms. The van der Waals surface area contributed by atoms with E-state index in [4.69, 9.17) is 0 Å². The molecule has 1 fully saturated rings. The van der Waals surface area contributed by atoms with Crippen LogP contribution in [0.2, 0.25) is 0 Å². The minimum Gasteiger partial charge on any atom is -0.351 e. The summed E-state index contributed by atoms with van der Waals surface area (Å²) in [4.78, 5) is 24.5. The third-order valence-electron chi connectivity index (χ3n) is 4.39. The van der Waals surface area contributed by atoms with Crippen molar-refractivity contribution in [2.24, 2.45) is 7.05 Å². The molecule has 1 amide bonds. The summed E-state index contributed by atoms with van der Waals surface area (Å²) in [5.74, 6) is 0.769. The lowest BCUT2D eigenvalue weighted by molar-refractivity contribution is -0.120. The molecule has 1 unspecified atom stereocenters. The molecule has 7 nitrogen and oxygen atoms in total. The highest BCUT2D eigenvalue weighted by molar-refractivity contribution is 7.10. The van der Waals surface area contributed by atoms with Crippen LogP contribution in [0.4, 0.5) is 5.95 Å². The van der Waals surface area contributed by atoms with Crippen LogP contribution >= 0.6 is 11.3 Å². The molecule has 0 saturated carbocycles. The lowest BCUT2D eigenvalue weighted by Crippen LogP contribution is -2.38. The van der Waals surface area contributed by atoms with Crippen LogP contribution < -0.4 is 10.2 Å². The van der Waals surface area contributed by atoms with Crippen LogP contribution in [-0.2, 0) is 18.3 Å². The van der Waals surface area contributed by atoms with E-state index in [1.165, 1.54) is 0 Å². The maximum atomic E-state index is 12.2. The number of hydrogen-bond acceptors (Lipinski definition) is 6. The van der Waals surface area contributed by atoms with Gasteiger partial charge in [0, 0.05) is 49.0 Å². The second-order valence-electron chi connectivity index (χ2n) is 6.40. The number of carbonyl (C=O) groups excluding carboxylic acids is 1. The van der Waals surface area contributed by atoms with Gasteiger partial charge in [-0.1, -0.05) is 6.07 Å². The fourth-order valence-corrected chi connectivity index (χ4v) is 3.83. The van der Waals surface area contributed by atoms with Crippen molar-refractivity contribution in [3.8, 4) is 11.3 Å². The Labute approximate surface area is 155 Å². The van der Waals surface area contributed by atoms with Gasteiger partial charge in [0.25, 0.3) is 0 Å². The number of amides is 1. The fourth-order valence-electron chi connectivity index (χ4n) is 3.12. The number of nitrogens with zero attached hydrogens (tertiary/aromatic N) is 5. The molecule has 8 heteroatoms. The molecule has 1 atom stereocenters. The molecule has 0 aromatic carbocycles. The second kappa shape index (κ2) is 7.25. The molecule has 1 aliphatic rings. The Morgan fingerprint density at radius 1 is 1.42 bits per heavy atom. The number of rotatable bonds is 5. The topological polar surface area (TPSA) is 75.9 Å². The number of aryl methyl sites for hydroxylation is 1. The van der Waals surface area contributed by atoms with Crippen molar-refractivity contribution in [1.82, 2.24) is 25.1 Å². The Morgan fingerprint density at radius 2 is 2.35 bits per heavy atom. The van der Waals surface area contributed by atoms with Crippen molar-refractivity contribution in [2.45, 2.75) is 18.9 Å². The summed E-state index contributed by atoms with van der Waals surface area (Å²) in [6, 6.07) is 5.98. The lowest BCUT2D eigenvalue weighted by Gasteiger charge is -2.17. The molecule has 3 aromatic heterocycles. The first-order valence-corrected chi connectivity index (χ1v) is 9.44. The summed E-state index contributed by atoms with van der Waals surface area (Å²) in [5, 5.41) is 9.31. The van der Waals surface area contributed by atoms with Crippen LogP contribution in [-0.4, -0.2) is 44.8 Å². The van der Waals surface area contributed by atoms with Crippen molar-refractivity contribution in [3.63, 3.8) is 0 Å². The van der Waals surface area contributed by atoms with Gasteiger partial charge in [0.1, 0.15) is 0 Å². The summed E-state index contributed by atoms with van der Waals surface area (Å²) in [7, 11) is 1.88. The largest absolute Gasteiger partial charge is 0.351 e. The number of carbonyl (C=O) groups is 1. The van der Waals surface area contributed by atoms with Gasteiger partial charge in [-0.15, -0.1) is 11.3 Å². The number of hydrogen-bond donors (Lipinski definition) is 1. The highest BCUT2D eigenvalue weighted by Gasteiger charge is 2.26. The van der Waals surface area contributed by atoms with Crippen molar-refractivity contribution < 1.29 is 4.79 Å². The van der Waals surface area contributed by atoms with Gasteiger partial charge in [0.2, 0.25) is 11.9 Å². The predicted molar refractivity (Wildman–Crippen MR) is 101 cm³/mol. The fraction of sp³-hybridized carbons (Fsp3) is 0.333. The summed E-state index contributed by atoms with van der Waals surface area (Å²) in [5.41, 5.74) is 1.82. The Hall–Kier alpha value is -2.74. The molecule has 1 aliphatic heterocycles. The quantitative estimate of drug-likeness (QED) is 0.744. The standard InChI is InChI=1S/C18H20N6OS/c1-23-11-13(10-20-23)16-4-6-19-18(22-16)24-7-5-14(12-24)21-17(25)9-15-3-2-8-26-15/h2-4,6,8,10-11,14H,5,7,9,12H2,1H3,(H,21,25). The molecule has 0 aliphatic carbocycles. The van der Waals surface area contributed by atoms with Crippen molar-refractivity contribution in [3.05, 3.63) is 47.0 Å². The first-order chi connectivity index (χ1) is 12.7. The van der Waals surface area contributed by atoms with Crippen LogP contribution in [0.15, 0.2) is 42.2 Å². The zero-order valence-electron chi connectivity index (χ0n) is 14.5. The van der Waals surface area contributed by atoms with E-state index in [1.807, 2.05) is 36.8 Å². The maximum Gasteiger partial charge on any atom is 0.225 e. The average Bonchev–Trinajstić information content (AvgIpc) is 3.37. The van der Waals surface area contributed by atoms with Gasteiger partial charge < -0.3 is 10.2 Å². The van der Waals surface area contributed by atoms with Crippen molar-refractivity contribution in [1.29, 1.82) is 0 Å². The van der Waals surface area contributed by atoms with E-state index in [0.717, 1.165) is 35.6 Å². The van der Waals surface area contributed by atoms with Gasteiger partial charge in [0.15, 0.2) is 0 Å². The van der Waals surface area contributed by atoms with E-state index in [1.54, 1.807) is 28.4 Å². The normalized spacial score (nSPS) is 16.8. The molecule has 134 valence electrons. The first kappa shape index (κ1) is 16.7. The molecule has 1 N–H and O–H groups in total. The monoisotopic (exact) mass is 368 g/mol. The average molecular weight is 368 g/mol. The number of aromatic nitrogens is 4. The number of anilines is 1. The van der Waals surface area contributed by atoms with E-state index in [0.29, 0.717) is 12.4 Å². The minimum absolute atomic E-state index is 0.0735. The highest BCUT2D eigenvalue weighted by Crippen LogP contribution is 2.21. The summed E-state index contributed by atoms with van der Waals surface area (Å²) in [6.07, 6.45) is 6.85. The van der Waals surface area contributed by atoms with Gasteiger partial charge >= 0.3 is 0 Å². The third kappa shape index (κ3) is 3.75. The van der Waals surface area contributed by atoms with Crippen LogP contribution in [0.1, 0.15) is 11.3 Å². The molecule has 3 aromatic rings. The number of thiophene rings is 1. The molecule has 0 bridgehead atoms. The summed E-state index contributed by atoms with van der Waals surface area (Å²) >= 11 is 1.61. The Bertz CT molecular complexity index is 891. The zero-order chi connectivity index (χ0) is 17.9. The SMILES string of the molecule is Cn1cc(-c2ccnc(N3CCC(NC(=O)Cc4cccs4)C3)n2)cn1. The van der Waals surface area contributed by atoms with E-state index in [9.17, 15) is 4.79 Å². The summed E-state index contributed by atoms with van der Waals surface area (Å²) in [6.45, 7) is 1.56. The smallest absolute Gasteiger partial charge is 0.225 e.